The predicted octanol–water partition coefficient (Wildman–Crippen LogP) is 10.1. The van der Waals surface area contributed by atoms with Gasteiger partial charge in [0.2, 0.25) is 0 Å². The molecule has 55 heavy (non-hydrogen) atoms. The fourth-order valence-corrected chi connectivity index (χ4v) is 6.55. The summed E-state index contributed by atoms with van der Waals surface area (Å²) in [6.07, 6.45) is 0. The molecule has 2 heterocycles. The third-order valence-corrected chi connectivity index (χ3v) is 9.01. The lowest BCUT2D eigenvalue weighted by molar-refractivity contribution is 0.768. The molecule has 262 valence electrons. The zero-order valence-corrected chi connectivity index (χ0v) is 28.1. The topological polar surface area (TPSA) is 65.6 Å². The van der Waals surface area contributed by atoms with E-state index in [1.807, 2.05) is 0 Å². The fourth-order valence-electron chi connectivity index (χ4n) is 6.55. The van der Waals surface area contributed by atoms with E-state index in [1.54, 1.807) is 0 Å². The normalized spacial score (nSPS) is 20.1. The number of aromatic nitrogens is 5. The Bertz CT molecular complexity index is 4480. The van der Waals surface area contributed by atoms with Gasteiger partial charge in [0, 0.05) is 30.8 Å². The molecule has 10 rings (SSSR count). The zero-order chi connectivity index (χ0) is 62.3. The highest BCUT2D eigenvalue weighted by Gasteiger charge is 2.47. The highest BCUT2D eigenvalue weighted by Crippen LogP contribution is 2.58. The van der Waals surface area contributed by atoms with E-state index in [1.165, 1.54) is 14.1 Å². The second kappa shape index (κ2) is 12.7. The molecule has 1 aliphatic carbocycles. The Kier molecular flexibility index (Phi) is 3.30. The van der Waals surface area contributed by atoms with Crippen molar-refractivity contribution in [2.75, 3.05) is 0 Å². The summed E-state index contributed by atoms with van der Waals surface area (Å²) in [5.74, 6) is -3.03. The molecule has 2 aromatic heterocycles. The van der Waals surface area contributed by atoms with Gasteiger partial charge in [-0.15, -0.1) is 0 Å². The summed E-state index contributed by atoms with van der Waals surface area (Å²) in [5.41, 5.74) is -14.3. The summed E-state index contributed by atoms with van der Waals surface area (Å²) in [6, 6.07) is -30.7. The summed E-state index contributed by atoms with van der Waals surface area (Å²) < 4.78 is 266. The summed E-state index contributed by atoms with van der Waals surface area (Å²) in [6.45, 7) is 0. The first kappa shape index (κ1) is 14.2. The molecule has 6 heteroatoms. The molecule has 0 saturated heterocycles. The van der Waals surface area contributed by atoms with E-state index in [4.69, 9.17) is 21.9 Å². The Morgan fingerprint density at radius 1 is 0.455 bits per heavy atom. The molecule has 0 bridgehead atoms. The number of benzene rings is 7. The lowest BCUT2D eigenvalue weighted by Gasteiger charge is -2.33. The van der Waals surface area contributed by atoms with E-state index in [9.17, 15) is 22.6 Å². The van der Waals surface area contributed by atoms with Crippen molar-refractivity contribution in [3.05, 3.63) is 208 Å². The molecule has 7 aromatic carbocycles. The average molecular weight is 739 g/mol. The number of nitrogens with zero attached hydrogens (tertiary/aromatic N) is 5. The molecule has 0 radical (unpaired) electrons. The molecular formula is C49H35N5O. The number of imidazole rings is 1. The van der Waals surface area contributed by atoms with Gasteiger partial charge in [-0.25, -0.2) is 19.7 Å². The van der Waals surface area contributed by atoms with Gasteiger partial charge in [-0.1, -0.05) is 163 Å². The quantitative estimate of drug-likeness (QED) is 0.170. The largest absolute Gasteiger partial charge is 0.328 e. The van der Waals surface area contributed by atoms with Crippen molar-refractivity contribution in [1.29, 1.82) is 0 Å². The fraction of sp³-hybridized carbons (Fsp3) is 0.0612. The maximum absolute atomic E-state index is 13.0. The van der Waals surface area contributed by atoms with Gasteiger partial charge in [0.25, 0.3) is 0 Å². The minimum atomic E-state index is -3.30. The van der Waals surface area contributed by atoms with E-state index in [-0.39, 0.29) is 11.0 Å². The Morgan fingerprint density at radius 3 is 1.62 bits per heavy atom. The van der Waals surface area contributed by atoms with Crippen molar-refractivity contribution in [1.82, 2.24) is 24.1 Å². The van der Waals surface area contributed by atoms with Crippen LogP contribution in [-0.4, -0.2) is 24.1 Å². The molecule has 1 aliphatic rings. The van der Waals surface area contributed by atoms with Crippen molar-refractivity contribution in [3.8, 4) is 56.4 Å². The molecule has 0 saturated carbocycles. The molecule has 0 amide bonds. The zero-order valence-electron chi connectivity index (χ0n) is 57.1. The molecule has 0 unspecified atom stereocenters. The first-order valence-corrected chi connectivity index (χ1v) is 16.1. The minimum absolute atomic E-state index is 0.169. The predicted molar refractivity (Wildman–Crippen MR) is 221 cm³/mol. The summed E-state index contributed by atoms with van der Waals surface area (Å²) in [4.78, 5) is 26.2. The third kappa shape index (κ3) is 5.02. The molecular weight excluding hydrogens is 675 g/mol. The van der Waals surface area contributed by atoms with Gasteiger partial charge in [0.15, 0.2) is 17.5 Å². The maximum Gasteiger partial charge on any atom is 0.328 e. The Morgan fingerprint density at radius 2 is 0.945 bits per heavy atom. The Hall–Kier alpha value is -7.18. The van der Waals surface area contributed by atoms with Gasteiger partial charge in [-0.05, 0) is 56.6 Å². The van der Waals surface area contributed by atoms with E-state index >= 15 is 0 Å². The highest BCUT2D eigenvalue weighted by atomic mass is 16.1. The first-order chi connectivity index (χ1) is 39.1. The van der Waals surface area contributed by atoms with Crippen LogP contribution < -0.4 is 5.69 Å². The lowest BCUT2D eigenvalue weighted by atomic mass is 9.67. The van der Waals surface area contributed by atoms with Crippen molar-refractivity contribution < 1.29 is 39.8 Å². The van der Waals surface area contributed by atoms with E-state index in [0.717, 1.165) is 9.13 Å². The minimum Gasteiger partial charge on any atom is -0.295 e. The lowest BCUT2D eigenvalue weighted by Crippen LogP contribution is -2.28. The van der Waals surface area contributed by atoms with Crippen LogP contribution in [0.3, 0.4) is 0 Å². The van der Waals surface area contributed by atoms with E-state index < -0.39 is 265 Å². The van der Waals surface area contributed by atoms with Crippen LogP contribution in [0.2, 0.25) is 0 Å². The highest BCUT2D eigenvalue weighted by molar-refractivity contribution is 5.94. The number of fused-ring (bicyclic) bond motifs is 4. The van der Waals surface area contributed by atoms with Crippen molar-refractivity contribution >= 4 is 11.0 Å². The van der Waals surface area contributed by atoms with Gasteiger partial charge >= 0.3 is 5.69 Å². The van der Waals surface area contributed by atoms with Gasteiger partial charge in [-0.3, -0.25) is 9.13 Å². The number of aryl methyl sites for hydroxylation is 2. The van der Waals surface area contributed by atoms with E-state index in [0.29, 0.717) is 0 Å². The number of hydrogen-bond donors (Lipinski definition) is 0. The van der Waals surface area contributed by atoms with Gasteiger partial charge in [-0.2, -0.15) is 0 Å². The summed E-state index contributed by atoms with van der Waals surface area (Å²) in [7, 11) is 2.54. The van der Waals surface area contributed by atoms with Crippen LogP contribution in [0.1, 0.15) is 62.0 Å². The Balaban J connectivity index is 1.46. The van der Waals surface area contributed by atoms with Crippen LogP contribution in [0, 0.1) is 0 Å². The van der Waals surface area contributed by atoms with Crippen LogP contribution in [0.5, 0.6) is 0 Å². The first-order valence-electron chi connectivity index (χ1n) is 30.6. The number of rotatable bonds is 6. The molecule has 0 atom stereocenters. The van der Waals surface area contributed by atoms with Crippen molar-refractivity contribution in [3.63, 3.8) is 0 Å². The molecule has 9 aromatic rings. The SMILES string of the molecule is [2H]c1c([2H])c([2H])c(-c2nc(-c3c([2H])c([2H])c(-c4c([2H])c([2H])c5c(c4[2H])n(C)c(=O)n5C)c([2H])c3[2H])nc(-c3c([2H])c([2H])c([2H])c4c3-c3c([2H])c([2H])c([2H])c([2H])c3C4(c3c([2H])c([2H])c([2H])c([2H])c3[2H])c3c([2H])c([2H])c([2H])c([2H])c3[2H])n2)c([2H])c1[2H]. The van der Waals surface area contributed by atoms with Gasteiger partial charge < -0.3 is 0 Å². The molecule has 0 aliphatic heterocycles. The van der Waals surface area contributed by atoms with Gasteiger partial charge in [0.05, 0.1) is 56.2 Å². The number of hydrogen-bond acceptors (Lipinski definition) is 4. The van der Waals surface area contributed by atoms with Crippen LogP contribution >= 0.6 is 0 Å². The summed E-state index contributed by atoms with van der Waals surface area (Å²) >= 11 is 0. The monoisotopic (exact) mass is 738 g/mol. The standard InChI is InChI=1S/C49H35N5O/c1-53-42-30-29-35(31-43(42)54(2)48(53)55)32-25-27-34(28-26-32)46-50-45(33-15-6-3-7-16-33)51-47(52-46)39-22-14-24-41-44(39)38-21-12-13-23-40(38)49(41,36-17-8-4-9-18-36)37-19-10-5-11-20-37/h3-31H,1-2H3/i3D,4D,5D,6D,7D,8D,9D,10D,11D,12D,13D,14D,15D,16D,17D,18D,19D,20D,21D,22D,23D,24D,25D,26D,27D,28D,29D,30D,31D. The smallest absolute Gasteiger partial charge is 0.295 e. The summed E-state index contributed by atoms with van der Waals surface area (Å²) in [5, 5.41) is 0. The van der Waals surface area contributed by atoms with Gasteiger partial charge in [0.1, 0.15) is 0 Å². The third-order valence-electron chi connectivity index (χ3n) is 9.01. The van der Waals surface area contributed by atoms with Crippen LogP contribution in [0.25, 0.3) is 67.5 Å². The second-order valence-electron chi connectivity index (χ2n) is 11.9. The molecule has 0 spiro atoms. The molecule has 6 nitrogen and oxygen atoms in total. The van der Waals surface area contributed by atoms with Crippen LogP contribution in [0.4, 0.5) is 0 Å². The van der Waals surface area contributed by atoms with E-state index in [2.05, 4.69) is 15.0 Å². The Labute approximate surface area is 359 Å². The van der Waals surface area contributed by atoms with Crippen molar-refractivity contribution in [2.24, 2.45) is 14.1 Å². The maximum atomic E-state index is 13.0. The van der Waals surface area contributed by atoms with Crippen molar-refractivity contribution in [2.45, 2.75) is 5.41 Å². The second-order valence-corrected chi connectivity index (χ2v) is 11.9. The van der Waals surface area contributed by atoms with Crippen LogP contribution in [-0.2, 0) is 19.5 Å². The van der Waals surface area contributed by atoms with Crippen LogP contribution in [0.15, 0.2) is 180 Å². The molecule has 0 N–H and O–H groups in total. The molecule has 0 fully saturated rings. The average Bonchev–Trinajstić information content (AvgIpc) is 1.46.